The first-order valence-electron chi connectivity index (χ1n) is 8.19. The third-order valence-electron chi connectivity index (χ3n) is 4.23. The fourth-order valence-corrected chi connectivity index (χ4v) is 3.75. The smallest absolute Gasteiger partial charge is 0.100 e. The molecule has 0 saturated carbocycles. The Kier molecular flexibility index (Phi) is 4.85. The van der Waals surface area contributed by atoms with Crippen LogP contribution in [0.15, 0.2) is 17.9 Å². The van der Waals surface area contributed by atoms with Crippen LogP contribution in [-0.2, 0) is 23.7 Å². The molecule has 0 aromatic carbocycles. The summed E-state index contributed by atoms with van der Waals surface area (Å²) in [5.41, 5.74) is 2.43. The molecular formula is C17H26N4OS. The van der Waals surface area contributed by atoms with Crippen molar-refractivity contribution in [3.8, 4) is 0 Å². The standard InChI is InChI=1S/C17H26N4OS/c1-17(2,3)16-20-13(10-23-16)8-19-12-5-6-22-15(7-12)14-9-18-11-21(14)4/h9-12,15,19H,5-8H2,1-4H3/t12-,15+/m0/s1. The minimum atomic E-state index is 0.131. The van der Waals surface area contributed by atoms with E-state index >= 15 is 0 Å². The molecular weight excluding hydrogens is 308 g/mol. The molecule has 126 valence electrons. The largest absolute Gasteiger partial charge is 0.372 e. The van der Waals surface area contributed by atoms with Crippen molar-refractivity contribution in [3.05, 3.63) is 34.3 Å². The van der Waals surface area contributed by atoms with Gasteiger partial charge in [0.15, 0.2) is 0 Å². The van der Waals surface area contributed by atoms with Crippen LogP contribution in [0.4, 0.5) is 0 Å². The molecule has 1 aliphatic rings. The van der Waals surface area contributed by atoms with Crippen LogP contribution in [0.5, 0.6) is 0 Å². The molecule has 5 nitrogen and oxygen atoms in total. The zero-order chi connectivity index (χ0) is 16.4. The van der Waals surface area contributed by atoms with Crippen molar-refractivity contribution in [2.24, 2.45) is 7.05 Å². The van der Waals surface area contributed by atoms with Crippen molar-refractivity contribution in [1.82, 2.24) is 19.9 Å². The van der Waals surface area contributed by atoms with Crippen LogP contribution in [0, 0.1) is 0 Å². The van der Waals surface area contributed by atoms with E-state index in [1.54, 1.807) is 11.3 Å². The predicted molar refractivity (Wildman–Crippen MR) is 92.6 cm³/mol. The van der Waals surface area contributed by atoms with Crippen LogP contribution in [0.25, 0.3) is 0 Å². The highest BCUT2D eigenvalue weighted by molar-refractivity contribution is 7.09. The van der Waals surface area contributed by atoms with Crippen molar-refractivity contribution < 1.29 is 4.74 Å². The zero-order valence-electron chi connectivity index (χ0n) is 14.4. The Morgan fingerprint density at radius 3 is 2.91 bits per heavy atom. The summed E-state index contributed by atoms with van der Waals surface area (Å²) < 4.78 is 7.96. The van der Waals surface area contributed by atoms with Crippen LogP contribution in [-0.4, -0.2) is 27.2 Å². The number of aromatic nitrogens is 3. The molecule has 2 atom stereocenters. The number of rotatable bonds is 4. The Morgan fingerprint density at radius 2 is 2.26 bits per heavy atom. The van der Waals surface area contributed by atoms with Gasteiger partial charge >= 0.3 is 0 Å². The van der Waals surface area contributed by atoms with Gasteiger partial charge in [-0.25, -0.2) is 9.97 Å². The molecule has 1 aliphatic heterocycles. The zero-order valence-corrected chi connectivity index (χ0v) is 15.2. The third kappa shape index (κ3) is 4.00. The third-order valence-corrected chi connectivity index (χ3v) is 5.55. The average molecular weight is 334 g/mol. The summed E-state index contributed by atoms with van der Waals surface area (Å²) >= 11 is 1.76. The van der Waals surface area contributed by atoms with E-state index in [0.717, 1.165) is 37.4 Å². The van der Waals surface area contributed by atoms with Gasteiger partial charge in [0, 0.05) is 37.0 Å². The molecule has 0 unspecified atom stereocenters. The predicted octanol–water partition coefficient (Wildman–Crippen LogP) is 3.18. The molecule has 0 amide bonds. The summed E-state index contributed by atoms with van der Waals surface area (Å²) in [6.07, 6.45) is 5.90. The Hall–Kier alpha value is -1.24. The van der Waals surface area contributed by atoms with E-state index in [9.17, 15) is 0 Å². The number of nitrogens with one attached hydrogen (secondary N) is 1. The van der Waals surface area contributed by atoms with E-state index in [1.165, 1.54) is 5.01 Å². The minimum Gasteiger partial charge on any atom is -0.372 e. The fourth-order valence-electron chi connectivity index (χ4n) is 2.85. The highest BCUT2D eigenvalue weighted by Crippen LogP contribution is 2.28. The number of aryl methyl sites for hydroxylation is 1. The van der Waals surface area contributed by atoms with Crippen LogP contribution in [0.1, 0.15) is 56.1 Å². The monoisotopic (exact) mass is 334 g/mol. The lowest BCUT2D eigenvalue weighted by Gasteiger charge is -2.30. The number of ether oxygens (including phenoxy) is 1. The maximum absolute atomic E-state index is 5.92. The lowest BCUT2D eigenvalue weighted by Crippen LogP contribution is -2.36. The van der Waals surface area contributed by atoms with Gasteiger partial charge in [-0.05, 0) is 12.8 Å². The SMILES string of the molecule is Cn1cncc1[C@H]1C[C@@H](NCc2csc(C(C)(C)C)n2)CCO1. The first kappa shape index (κ1) is 16.6. The van der Waals surface area contributed by atoms with E-state index in [0.29, 0.717) is 6.04 Å². The Labute approximate surface area is 142 Å². The van der Waals surface area contributed by atoms with Gasteiger partial charge in [-0.1, -0.05) is 20.8 Å². The van der Waals surface area contributed by atoms with Gasteiger partial charge < -0.3 is 14.6 Å². The molecule has 0 bridgehead atoms. The van der Waals surface area contributed by atoms with Crippen molar-refractivity contribution >= 4 is 11.3 Å². The first-order valence-corrected chi connectivity index (χ1v) is 9.07. The van der Waals surface area contributed by atoms with E-state index < -0.39 is 0 Å². The summed E-state index contributed by atoms with van der Waals surface area (Å²) in [6.45, 7) is 8.24. The van der Waals surface area contributed by atoms with Gasteiger partial charge in [-0.2, -0.15) is 0 Å². The fraction of sp³-hybridized carbons (Fsp3) is 0.647. The highest BCUT2D eigenvalue weighted by atomic mass is 32.1. The van der Waals surface area contributed by atoms with Crippen molar-refractivity contribution in [3.63, 3.8) is 0 Å². The van der Waals surface area contributed by atoms with E-state index in [-0.39, 0.29) is 11.5 Å². The molecule has 0 spiro atoms. The van der Waals surface area contributed by atoms with Crippen LogP contribution >= 0.6 is 11.3 Å². The maximum Gasteiger partial charge on any atom is 0.100 e. The molecule has 3 heterocycles. The molecule has 3 rings (SSSR count). The molecule has 0 aliphatic carbocycles. The van der Waals surface area contributed by atoms with Gasteiger partial charge in [-0.15, -0.1) is 11.3 Å². The van der Waals surface area contributed by atoms with Crippen molar-refractivity contribution in [2.45, 2.75) is 57.7 Å². The summed E-state index contributed by atoms with van der Waals surface area (Å²) in [7, 11) is 2.02. The molecule has 1 fully saturated rings. The Morgan fingerprint density at radius 1 is 1.43 bits per heavy atom. The molecule has 1 saturated heterocycles. The second-order valence-electron chi connectivity index (χ2n) is 7.29. The second kappa shape index (κ2) is 6.71. The minimum absolute atomic E-state index is 0.131. The number of hydrogen-bond donors (Lipinski definition) is 1. The van der Waals surface area contributed by atoms with Gasteiger partial charge in [0.25, 0.3) is 0 Å². The van der Waals surface area contributed by atoms with Crippen molar-refractivity contribution in [1.29, 1.82) is 0 Å². The van der Waals surface area contributed by atoms with Crippen LogP contribution in [0.2, 0.25) is 0 Å². The van der Waals surface area contributed by atoms with E-state index in [1.807, 2.05) is 24.1 Å². The van der Waals surface area contributed by atoms with Gasteiger partial charge in [0.1, 0.15) is 6.10 Å². The van der Waals surface area contributed by atoms with Crippen molar-refractivity contribution in [2.75, 3.05) is 6.61 Å². The van der Waals surface area contributed by atoms with E-state index in [4.69, 9.17) is 9.72 Å². The lowest BCUT2D eigenvalue weighted by molar-refractivity contribution is -0.00408. The summed E-state index contributed by atoms with van der Waals surface area (Å²) in [5, 5.41) is 7.02. The molecule has 0 radical (unpaired) electrons. The molecule has 1 N–H and O–H groups in total. The lowest BCUT2D eigenvalue weighted by atomic mass is 9.98. The molecule has 6 heteroatoms. The van der Waals surface area contributed by atoms with Gasteiger partial charge in [-0.3, -0.25) is 0 Å². The Bertz CT molecular complexity index is 643. The van der Waals surface area contributed by atoms with E-state index in [2.05, 4.69) is 36.5 Å². The Balaban J connectivity index is 1.56. The van der Waals surface area contributed by atoms with Crippen LogP contribution in [0.3, 0.4) is 0 Å². The molecule has 2 aromatic rings. The average Bonchev–Trinajstić information content (AvgIpc) is 3.14. The first-order chi connectivity index (χ1) is 10.9. The van der Waals surface area contributed by atoms with Gasteiger partial charge in [0.2, 0.25) is 0 Å². The maximum atomic E-state index is 5.92. The number of thiazole rings is 1. The summed E-state index contributed by atoms with van der Waals surface area (Å²) in [4.78, 5) is 8.95. The second-order valence-corrected chi connectivity index (χ2v) is 8.14. The summed E-state index contributed by atoms with van der Waals surface area (Å²) in [6, 6.07) is 0.462. The normalized spacial score (nSPS) is 22.4. The summed E-state index contributed by atoms with van der Waals surface area (Å²) in [5.74, 6) is 0. The number of nitrogens with zero attached hydrogens (tertiary/aromatic N) is 3. The highest BCUT2D eigenvalue weighted by Gasteiger charge is 2.26. The van der Waals surface area contributed by atoms with Crippen LogP contribution < -0.4 is 5.32 Å². The number of imidazole rings is 1. The molecule has 23 heavy (non-hydrogen) atoms. The molecule has 2 aromatic heterocycles. The van der Waals surface area contributed by atoms with Gasteiger partial charge in [0.05, 0.1) is 28.9 Å². The number of hydrogen-bond acceptors (Lipinski definition) is 5. The topological polar surface area (TPSA) is 52.0 Å². The quantitative estimate of drug-likeness (QED) is 0.933.